The van der Waals surface area contributed by atoms with E-state index in [-0.39, 0.29) is 5.41 Å². The van der Waals surface area contributed by atoms with Crippen LogP contribution in [0.1, 0.15) is 30.5 Å². The first kappa shape index (κ1) is 13.2. The van der Waals surface area contributed by atoms with Gasteiger partial charge in [-0.15, -0.1) is 0 Å². The molecule has 0 unspecified atom stereocenters. The summed E-state index contributed by atoms with van der Waals surface area (Å²) in [6, 6.07) is 11.0. The van der Waals surface area contributed by atoms with Crippen molar-refractivity contribution in [3.05, 3.63) is 35.5 Å². The molecule has 1 N–H and O–H groups in total. The van der Waals surface area contributed by atoms with Crippen molar-refractivity contribution < 1.29 is 0 Å². The van der Waals surface area contributed by atoms with Gasteiger partial charge < -0.3 is 9.88 Å². The quantitative estimate of drug-likeness (QED) is 0.919. The lowest BCUT2D eigenvalue weighted by Crippen LogP contribution is -2.39. The molecule has 104 valence electrons. The molecule has 0 aliphatic heterocycles. The second-order valence-corrected chi connectivity index (χ2v) is 6.19. The van der Waals surface area contributed by atoms with Gasteiger partial charge in [-0.25, -0.2) is 0 Å². The fourth-order valence-electron chi connectivity index (χ4n) is 3.29. The molecular weight excluding hydrogens is 246 g/mol. The number of benzene rings is 1. The molecule has 3 rings (SSSR count). The largest absolute Gasteiger partial charge is 0.358 e. The van der Waals surface area contributed by atoms with Crippen molar-refractivity contribution in [3.8, 4) is 6.07 Å². The average molecular weight is 267 g/mol. The van der Waals surface area contributed by atoms with Gasteiger partial charge in [0.25, 0.3) is 0 Å². The van der Waals surface area contributed by atoms with Gasteiger partial charge in [0.15, 0.2) is 0 Å². The monoisotopic (exact) mass is 267 g/mol. The van der Waals surface area contributed by atoms with Gasteiger partial charge in [-0.3, -0.25) is 0 Å². The Morgan fingerprint density at radius 2 is 2.10 bits per heavy atom. The molecule has 0 amide bonds. The van der Waals surface area contributed by atoms with Gasteiger partial charge >= 0.3 is 0 Å². The highest BCUT2D eigenvalue weighted by Gasteiger charge is 2.38. The number of nitriles is 1. The van der Waals surface area contributed by atoms with Crippen molar-refractivity contribution in [3.63, 3.8) is 0 Å². The minimum absolute atomic E-state index is 0.0885. The van der Waals surface area contributed by atoms with Gasteiger partial charge in [-0.2, -0.15) is 5.26 Å². The molecule has 0 spiro atoms. The second kappa shape index (κ2) is 4.96. The fourth-order valence-corrected chi connectivity index (χ4v) is 3.29. The summed E-state index contributed by atoms with van der Waals surface area (Å²) in [7, 11) is 2.12. The van der Waals surface area contributed by atoms with E-state index < -0.39 is 0 Å². The number of hydrogen-bond acceptors (Lipinski definition) is 2. The number of aromatic nitrogens is 1. The number of rotatable bonds is 4. The van der Waals surface area contributed by atoms with Crippen LogP contribution >= 0.6 is 0 Å². The van der Waals surface area contributed by atoms with Crippen molar-refractivity contribution in [1.82, 2.24) is 9.88 Å². The third-order valence-corrected chi connectivity index (χ3v) is 4.58. The number of H-pyrrole nitrogens is 1. The normalized spacial score (nSPS) is 17.1. The van der Waals surface area contributed by atoms with E-state index in [0.717, 1.165) is 25.9 Å². The molecule has 0 saturated heterocycles. The summed E-state index contributed by atoms with van der Waals surface area (Å²) in [6.07, 6.45) is 3.31. The van der Waals surface area contributed by atoms with Crippen LogP contribution in [0.15, 0.2) is 24.3 Å². The third-order valence-electron chi connectivity index (χ3n) is 4.58. The van der Waals surface area contributed by atoms with E-state index in [0.29, 0.717) is 0 Å². The number of para-hydroxylation sites is 1. The first-order chi connectivity index (χ1) is 9.63. The summed E-state index contributed by atoms with van der Waals surface area (Å²) in [6.45, 7) is 3.91. The maximum absolute atomic E-state index is 9.36. The number of hydrogen-bond donors (Lipinski definition) is 1. The molecule has 0 radical (unpaired) electrons. The van der Waals surface area contributed by atoms with Crippen LogP contribution in [0.5, 0.6) is 0 Å². The SMILES string of the molecule is Cc1[nH]c2ccccc2c1CN(C)CC1(C#N)CCC1. The van der Waals surface area contributed by atoms with Crippen LogP contribution < -0.4 is 0 Å². The highest BCUT2D eigenvalue weighted by Crippen LogP contribution is 2.41. The molecule has 1 heterocycles. The molecule has 1 aliphatic rings. The van der Waals surface area contributed by atoms with Gasteiger partial charge in [0.05, 0.1) is 11.5 Å². The Hall–Kier alpha value is -1.79. The maximum Gasteiger partial charge on any atom is 0.0703 e. The summed E-state index contributed by atoms with van der Waals surface area (Å²) >= 11 is 0. The minimum atomic E-state index is -0.0885. The van der Waals surface area contributed by atoms with E-state index in [4.69, 9.17) is 0 Å². The molecule has 1 fully saturated rings. The summed E-state index contributed by atoms with van der Waals surface area (Å²) in [5.41, 5.74) is 3.70. The maximum atomic E-state index is 9.36. The molecule has 0 bridgehead atoms. The fraction of sp³-hybridized carbons (Fsp3) is 0.471. The number of fused-ring (bicyclic) bond motifs is 1. The molecule has 0 atom stereocenters. The van der Waals surface area contributed by atoms with Gasteiger partial charge in [0.1, 0.15) is 0 Å². The topological polar surface area (TPSA) is 42.8 Å². The van der Waals surface area contributed by atoms with Gasteiger partial charge in [0.2, 0.25) is 0 Å². The average Bonchev–Trinajstić information content (AvgIpc) is 2.71. The summed E-state index contributed by atoms with van der Waals surface area (Å²) in [4.78, 5) is 5.74. The van der Waals surface area contributed by atoms with Crippen LogP contribution in [-0.2, 0) is 6.54 Å². The zero-order chi connectivity index (χ0) is 14.2. The van der Waals surface area contributed by atoms with E-state index in [1.165, 1.54) is 28.6 Å². The van der Waals surface area contributed by atoms with E-state index in [9.17, 15) is 5.26 Å². The zero-order valence-electron chi connectivity index (χ0n) is 12.2. The summed E-state index contributed by atoms with van der Waals surface area (Å²) in [5.74, 6) is 0. The van der Waals surface area contributed by atoms with Crippen LogP contribution in [0.25, 0.3) is 10.9 Å². The van der Waals surface area contributed by atoms with Crippen LogP contribution in [0.3, 0.4) is 0 Å². The predicted octanol–water partition coefficient (Wildman–Crippen LogP) is 3.60. The molecule has 1 aliphatic carbocycles. The van der Waals surface area contributed by atoms with Crippen LogP contribution in [0.4, 0.5) is 0 Å². The Morgan fingerprint density at radius 1 is 1.35 bits per heavy atom. The standard InChI is InChI=1S/C17H21N3/c1-13-15(14-6-3-4-7-16(14)19-13)10-20(2)12-17(11-18)8-5-9-17/h3-4,6-7,19H,5,8-10,12H2,1-2H3. The Kier molecular flexibility index (Phi) is 3.27. The lowest BCUT2D eigenvalue weighted by Gasteiger charge is -2.38. The molecule has 1 aromatic carbocycles. The molecule has 20 heavy (non-hydrogen) atoms. The van der Waals surface area contributed by atoms with Crippen molar-refractivity contribution in [2.75, 3.05) is 13.6 Å². The van der Waals surface area contributed by atoms with Crippen molar-refractivity contribution >= 4 is 10.9 Å². The van der Waals surface area contributed by atoms with Gasteiger partial charge in [0, 0.05) is 29.7 Å². The Balaban J connectivity index is 1.79. The summed E-state index contributed by atoms with van der Waals surface area (Å²) < 4.78 is 0. The van der Waals surface area contributed by atoms with Crippen LogP contribution in [-0.4, -0.2) is 23.5 Å². The van der Waals surface area contributed by atoms with Crippen LogP contribution in [0, 0.1) is 23.7 Å². The third kappa shape index (κ3) is 2.21. The number of aromatic amines is 1. The van der Waals surface area contributed by atoms with E-state index >= 15 is 0 Å². The number of nitrogens with zero attached hydrogens (tertiary/aromatic N) is 2. The first-order valence-electron chi connectivity index (χ1n) is 7.29. The van der Waals surface area contributed by atoms with Crippen molar-refractivity contribution in [1.29, 1.82) is 5.26 Å². The van der Waals surface area contributed by atoms with Gasteiger partial charge in [-0.05, 0) is 38.4 Å². The van der Waals surface area contributed by atoms with E-state index in [2.05, 4.69) is 54.2 Å². The lowest BCUT2D eigenvalue weighted by molar-refractivity contribution is 0.134. The van der Waals surface area contributed by atoms with Crippen molar-refractivity contribution in [2.24, 2.45) is 5.41 Å². The number of nitrogens with one attached hydrogen (secondary N) is 1. The van der Waals surface area contributed by atoms with Gasteiger partial charge in [-0.1, -0.05) is 24.6 Å². The molecule has 1 aromatic heterocycles. The number of aryl methyl sites for hydroxylation is 1. The molecule has 1 saturated carbocycles. The highest BCUT2D eigenvalue weighted by molar-refractivity contribution is 5.84. The molecular formula is C17H21N3. The molecule has 2 aromatic rings. The van der Waals surface area contributed by atoms with E-state index in [1.54, 1.807) is 0 Å². The molecule has 3 heteroatoms. The predicted molar refractivity (Wildman–Crippen MR) is 81.3 cm³/mol. The van der Waals surface area contributed by atoms with Crippen LogP contribution in [0.2, 0.25) is 0 Å². The zero-order valence-corrected chi connectivity index (χ0v) is 12.2. The smallest absolute Gasteiger partial charge is 0.0703 e. The Bertz CT molecular complexity index is 658. The lowest BCUT2D eigenvalue weighted by atomic mass is 9.69. The highest BCUT2D eigenvalue weighted by atomic mass is 15.1. The molecule has 3 nitrogen and oxygen atoms in total. The van der Waals surface area contributed by atoms with E-state index in [1.807, 2.05) is 0 Å². The summed E-state index contributed by atoms with van der Waals surface area (Å²) in [5, 5.41) is 10.7. The second-order valence-electron chi connectivity index (χ2n) is 6.19. The van der Waals surface area contributed by atoms with Crippen molar-refractivity contribution in [2.45, 2.75) is 32.7 Å². The first-order valence-corrected chi connectivity index (χ1v) is 7.29. The minimum Gasteiger partial charge on any atom is -0.358 e. The Labute approximate surface area is 120 Å². The Morgan fingerprint density at radius 3 is 2.75 bits per heavy atom.